The molecular formula is C8H10N4O2. The van der Waals surface area contributed by atoms with Gasteiger partial charge in [0.25, 0.3) is 5.69 Å². The van der Waals surface area contributed by atoms with E-state index in [9.17, 15) is 10.1 Å². The van der Waals surface area contributed by atoms with Crippen molar-refractivity contribution in [1.29, 1.82) is 0 Å². The maximum atomic E-state index is 10.4. The molecule has 6 nitrogen and oxygen atoms in total. The first-order chi connectivity index (χ1) is 6.56. The van der Waals surface area contributed by atoms with E-state index in [4.69, 9.17) is 11.5 Å². The van der Waals surface area contributed by atoms with E-state index in [1.54, 1.807) is 0 Å². The Morgan fingerprint density at radius 1 is 1.71 bits per heavy atom. The van der Waals surface area contributed by atoms with Crippen molar-refractivity contribution < 1.29 is 4.92 Å². The molecule has 6 heteroatoms. The lowest BCUT2D eigenvalue weighted by Gasteiger charge is -2.08. The summed E-state index contributed by atoms with van der Waals surface area (Å²) >= 11 is 0. The van der Waals surface area contributed by atoms with Gasteiger partial charge in [-0.25, -0.2) is 4.98 Å². The predicted molar refractivity (Wildman–Crippen MR) is 52.4 cm³/mol. The van der Waals surface area contributed by atoms with Gasteiger partial charge in [-0.05, 0) is 0 Å². The minimum atomic E-state index is -0.550. The van der Waals surface area contributed by atoms with Gasteiger partial charge >= 0.3 is 0 Å². The molecule has 4 N–H and O–H groups in total. The summed E-state index contributed by atoms with van der Waals surface area (Å²) in [5.41, 5.74) is 11.4. The number of nitrogens with zero attached hydrogens (tertiary/aromatic N) is 2. The van der Waals surface area contributed by atoms with Crippen LogP contribution in [0, 0.1) is 10.1 Å². The van der Waals surface area contributed by atoms with Gasteiger partial charge in [0.05, 0.1) is 11.0 Å². The normalized spacial score (nSPS) is 12.1. The molecule has 1 rings (SSSR count). The van der Waals surface area contributed by atoms with Crippen molar-refractivity contribution in [3.05, 3.63) is 40.6 Å². The Labute approximate surface area is 80.4 Å². The van der Waals surface area contributed by atoms with Crippen LogP contribution in [0.15, 0.2) is 24.9 Å². The second-order valence-electron chi connectivity index (χ2n) is 2.69. The predicted octanol–water partition coefficient (Wildman–Crippen LogP) is 0.758. The van der Waals surface area contributed by atoms with Crippen LogP contribution in [0.5, 0.6) is 0 Å². The number of hydrogen-bond acceptors (Lipinski definition) is 5. The SMILES string of the molecule is C=CC(N)c1cc([N+](=O)[O-])cnc1N. The zero-order valence-electron chi connectivity index (χ0n) is 7.38. The van der Waals surface area contributed by atoms with Crippen molar-refractivity contribution in [3.8, 4) is 0 Å². The zero-order chi connectivity index (χ0) is 10.7. The Morgan fingerprint density at radius 2 is 2.36 bits per heavy atom. The van der Waals surface area contributed by atoms with Crippen molar-refractivity contribution in [3.63, 3.8) is 0 Å². The smallest absolute Gasteiger partial charge is 0.288 e. The van der Waals surface area contributed by atoms with Gasteiger partial charge in [0.1, 0.15) is 12.0 Å². The Hall–Kier alpha value is -1.95. The summed E-state index contributed by atoms with van der Waals surface area (Å²) in [5.74, 6) is 0.183. The molecule has 0 aliphatic carbocycles. The fraction of sp³-hybridized carbons (Fsp3) is 0.125. The number of nitrogen functional groups attached to an aromatic ring is 1. The van der Waals surface area contributed by atoms with Crippen LogP contribution in [0.25, 0.3) is 0 Å². The first kappa shape index (κ1) is 10.1. The van der Waals surface area contributed by atoms with Gasteiger partial charge in [-0.2, -0.15) is 0 Å². The molecule has 1 unspecified atom stereocenters. The molecule has 0 aliphatic heterocycles. The van der Waals surface area contributed by atoms with Crippen LogP contribution in [0.1, 0.15) is 11.6 Å². The highest BCUT2D eigenvalue weighted by atomic mass is 16.6. The molecule has 0 saturated carbocycles. The third-order valence-electron chi connectivity index (χ3n) is 1.76. The first-order valence-corrected chi connectivity index (χ1v) is 3.84. The minimum absolute atomic E-state index is 0.133. The Balaban J connectivity index is 3.20. The molecule has 0 fully saturated rings. The topological polar surface area (TPSA) is 108 Å². The second-order valence-corrected chi connectivity index (χ2v) is 2.69. The summed E-state index contributed by atoms with van der Waals surface area (Å²) in [6.45, 7) is 3.47. The van der Waals surface area contributed by atoms with Crippen molar-refractivity contribution in [2.75, 3.05) is 5.73 Å². The molecular weight excluding hydrogens is 184 g/mol. The van der Waals surface area contributed by atoms with Crippen LogP contribution in [-0.2, 0) is 0 Å². The van der Waals surface area contributed by atoms with E-state index < -0.39 is 11.0 Å². The van der Waals surface area contributed by atoms with Gasteiger partial charge in [-0.15, -0.1) is 6.58 Å². The van der Waals surface area contributed by atoms with Crippen molar-refractivity contribution >= 4 is 11.5 Å². The molecule has 1 aromatic heterocycles. The van der Waals surface area contributed by atoms with Gasteiger partial charge in [-0.3, -0.25) is 10.1 Å². The van der Waals surface area contributed by atoms with Gasteiger partial charge in [0.15, 0.2) is 0 Å². The fourth-order valence-electron chi connectivity index (χ4n) is 0.975. The number of hydrogen-bond donors (Lipinski definition) is 2. The summed E-state index contributed by atoms with van der Waals surface area (Å²) < 4.78 is 0. The molecule has 0 aliphatic rings. The summed E-state index contributed by atoms with van der Waals surface area (Å²) in [7, 11) is 0. The van der Waals surface area contributed by atoms with E-state index >= 15 is 0 Å². The zero-order valence-corrected chi connectivity index (χ0v) is 7.38. The van der Waals surface area contributed by atoms with Crippen molar-refractivity contribution in [1.82, 2.24) is 4.98 Å². The molecule has 0 bridgehead atoms. The van der Waals surface area contributed by atoms with Gasteiger partial charge in [0, 0.05) is 11.6 Å². The largest absolute Gasteiger partial charge is 0.383 e. The molecule has 0 spiro atoms. The van der Waals surface area contributed by atoms with E-state index in [2.05, 4.69) is 11.6 Å². The average molecular weight is 194 g/mol. The highest BCUT2D eigenvalue weighted by Gasteiger charge is 2.13. The Morgan fingerprint density at radius 3 is 2.86 bits per heavy atom. The highest BCUT2D eigenvalue weighted by molar-refractivity contribution is 5.48. The molecule has 1 heterocycles. The van der Waals surface area contributed by atoms with Crippen LogP contribution < -0.4 is 11.5 Å². The average Bonchev–Trinajstić information content (AvgIpc) is 2.17. The highest BCUT2D eigenvalue weighted by Crippen LogP contribution is 2.21. The third-order valence-corrected chi connectivity index (χ3v) is 1.76. The molecule has 0 radical (unpaired) electrons. The number of anilines is 1. The Kier molecular flexibility index (Phi) is 2.78. The van der Waals surface area contributed by atoms with Crippen LogP contribution in [0.3, 0.4) is 0 Å². The number of aromatic nitrogens is 1. The van der Waals surface area contributed by atoms with Gasteiger partial charge in [0.2, 0.25) is 0 Å². The third kappa shape index (κ3) is 1.86. The van der Waals surface area contributed by atoms with Crippen molar-refractivity contribution in [2.24, 2.45) is 5.73 Å². The van der Waals surface area contributed by atoms with E-state index in [-0.39, 0.29) is 11.5 Å². The van der Waals surface area contributed by atoms with Crippen LogP contribution >= 0.6 is 0 Å². The monoisotopic (exact) mass is 194 g/mol. The number of rotatable bonds is 3. The molecule has 0 saturated heterocycles. The standard InChI is InChI=1S/C8H10N4O2/c1-2-7(9)6-3-5(12(13)14)4-11-8(6)10/h2-4,7H,1,9H2,(H2,10,11). The van der Waals surface area contributed by atoms with E-state index in [1.165, 1.54) is 12.1 Å². The lowest BCUT2D eigenvalue weighted by molar-refractivity contribution is -0.385. The fourth-order valence-corrected chi connectivity index (χ4v) is 0.975. The van der Waals surface area contributed by atoms with Gasteiger partial charge < -0.3 is 11.5 Å². The quantitative estimate of drug-likeness (QED) is 0.419. The maximum absolute atomic E-state index is 10.4. The molecule has 1 atom stereocenters. The van der Waals surface area contributed by atoms with Crippen LogP contribution in [0.2, 0.25) is 0 Å². The lowest BCUT2D eigenvalue weighted by atomic mass is 10.1. The summed E-state index contributed by atoms with van der Waals surface area (Å²) in [5, 5.41) is 10.4. The van der Waals surface area contributed by atoms with E-state index in [0.29, 0.717) is 5.56 Å². The number of nitro groups is 1. The Bertz CT molecular complexity index is 378. The van der Waals surface area contributed by atoms with E-state index in [0.717, 1.165) is 6.20 Å². The maximum Gasteiger partial charge on any atom is 0.288 e. The second kappa shape index (κ2) is 3.84. The van der Waals surface area contributed by atoms with Crippen LogP contribution in [0.4, 0.5) is 11.5 Å². The molecule has 0 amide bonds. The molecule has 14 heavy (non-hydrogen) atoms. The van der Waals surface area contributed by atoms with Crippen LogP contribution in [-0.4, -0.2) is 9.91 Å². The first-order valence-electron chi connectivity index (χ1n) is 3.84. The van der Waals surface area contributed by atoms with Crippen molar-refractivity contribution in [2.45, 2.75) is 6.04 Å². The minimum Gasteiger partial charge on any atom is -0.383 e. The number of nitrogens with two attached hydrogens (primary N) is 2. The lowest BCUT2D eigenvalue weighted by Crippen LogP contribution is -2.11. The number of pyridine rings is 1. The molecule has 74 valence electrons. The summed E-state index contributed by atoms with van der Waals surface area (Å²) in [6.07, 6.45) is 2.53. The molecule has 0 aromatic carbocycles. The van der Waals surface area contributed by atoms with Gasteiger partial charge in [-0.1, -0.05) is 6.08 Å². The summed E-state index contributed by atoms with van der Waals surface area (Å²) in [4.78, 5) is 13.6. The van der Waals surface area contributed by atoms with E-state index in [1.807, 2.05) is 0 Å². The molecule has 1 aromatic rings. The summed E-state index contributed by atoms with van der Waals surface area (Å²) in [6, 6.07) is 0.761.